The number of rotatable bonds is 5. The van der Waals surface area contributed by atoms with E-state index in [1.54, 1.807) is 12.1 Å². The number of hydrogen-bond donors (Lipinski definition) is 2. The van der Waals surface area contributed by atoms with Gasteiger partial charge in [0.1, 0.15) is 0 Å². The molecule has 0 unspecified atom stereocenters. The van der Waals surface area contributed by atoms with Gasteiger partial charge in [-0.25, -0.2) is 4.79 Å². The van der Waals surface area contributed by atoms with Crippen LogP contribution in [0.15, 0.2) is 78.9 Å². The molecule has 3 aromatic rings. The van der Waals surface area contributed by atoms with Crippen molar-refractivity contribution in [3.05, 3.63) is 84.4 Å². The molecule has 10 nitrogen and oxygen atoms in total. The molecule has 10 heteroatoms. The van der Waals surface area contributed by atoms with Gasteiger partial charge in [0.2, 0.25) is 11.4 Å². The molecule has 3 heterocycles. The molecule has 41 heavy (non-hydrogen) atoms. The van der Waals surface area contributed by atoms with Gasteiger partial charge in [0.25, 0.3) is 11.8 Å². The summed E-state index contributed by atoms with van der Waals surface area (Å²) < 4.78 is 0. The first-order valence-corrected chi connectivity index (χ1v) is 13.6. The molecular formula is C31H29N5O5. The highest BCUT2D eigenvalue weighted by Crippen LogP contribution is 2.35. The van der Waals surface area contributed by atoms with Crippen molar-refractivity contribution in [2.75, 3.05) is 42.5 Å². The lowest BCUT2D eigenvalue weighted by atomic mass is 9.83. The van der Waals surface area contributed by atoms with Gasteiger partial charge in [0.15, 0.2) is 5.78 Å². The molecule has 0 radical (unpaired) electrons. The van der Waals surface area contributed by atoms with Crippen molar-refractivity contribution in [1.29, 1.82) is 0 Å². The fourth-order valence-corrected chi connectivity index (χ4v) is 5.89. The first-order chi connectivity index (χ1) is 19.9. The Hall–Kier alpha value is -4.83. The van der Waals surface area contributed by atoms with E-state index in [0.29, 0.717) is 43.9 Å². The Morgan fingerprint density at radius 3 is 1.83 bits per heavy atom. The summed E-state index contributed by atoms with van der Waals surface area (Å²) in [5.41, 5.74) is 2.36. The summed E-state index contributed by atoms with van der Waals surface area (Å²) in [6, 6.07) is 23.8. The Morgan fingerprint density at radius 2 is 1.20 bits per heavy atom. The van der Waals surface area contributed by atoms with Gasteiger partial charge in [-0.15, -0.1) is 0 Å². The summed E-state index contributed by atoms with van der Waals surface area (Å²) in [5.74, 6) is -1.35. The Labute approximate surface area is 236 Å². The van der Waals surface area contributed by atoms with Crippen LogP contribution in [0.2, 0.25) is 0 Å². The van der Waals surface area contributed by atoms with E-state index in [9.17, 15) is 24.0 Å². The molecule has 0 aliphatic carbocycles. The molecule has 3 saturated heterocycles. The molecule has 208 valence electrons. The van der Waals surface area contributed by atoms with Gasteiger partial charge in [-0.3, -0.25) is 34.7 Å². The Bertz CT molecular complexity index is 1490. The number of hydrogen-bond acceptors (Lipinski definition) is 7. The number of piperazine rings is 1. The van der Waals surface area contributed by atoms with E-state index >= 15 is 0 Å². The normalized spacial score (nSPS) is 19.7. The van der Waals surface area contributed by atoms with Crippen molar-refractivity contribution in [1.82, 2.24) is 15.5 Å². The van der Waals surface area contributed by atoms with Gasteiger partial charge in [-0.1, -0.05) is 54.6 Å². The van der Waals surface area contributed by atoms with Crippen LogP contribution in [0.1, 0.15) is 18.4 Å². The highest BCUT2D eigenvalue weighted by Gasteiger charge is 2.56. The zero-order chi connectivity index (χ0) is 28.6. The lowest BCUT2D eigenvalue weighted by molar-refractivity contribution is -0.149. The number of Topliss-reactive ketones (excluding diaryl/α,β-unsaturated/α-hetero) is 1. The van der Waals surface area contributed by atoms with Crippen LogP contribution in [-0.2, 0) is 24.7 Å². The maximum absolute atomic E-state index is 13.5. The Kier molecular flexibility index (Phi) is 6.84. The molecule has 0 aromatic heterocycles. The molecule has 0 bridgehead atoms. The number of piperidine rings is 1. The number of barbiturate groups is 1. The average molecular weight is 552 g/mol. The fourth-order valence-electron chi connectivity index (χ4n) is 5.89. The van der Waals surface area contributed by atoms with E-state index in [1.165, 1.54) is 4.90 Å². The van der Waals surface area contributed by atoms with Crippen molar-refractivity contribution in [3.63, 3.8) is 0 Å². The number of carbonyl (C=O) groups is 5. The summed E-state index contributed by atoms with van der Waals surface area (Å²) in [5, 5.41) is 4.62. The van der Waals surface area contributed by atoms with Crippen molar-refractivity contribution in [2.24, 2.45) is 0 Å². The van der Waals surface area contributed by atoms with Gasteiger partial charge in [-0.2, -0.15) is 0 Å². The minimum atomic E-state index is -1.69. The standard InChI is InChI=1S/C31H29N5O5/c37-26-14-15-27(38)36(20-26)25-12-10-24(11-13-25)34-16-18-35(19-17-34)31(28(39)32-30(41)33-29(31)40)23-8-6-22(7-9-23)21-4-2-1-3-5-21/h1-13H,14-20H2,(H2,32,33,39,40,41). The second-order valence-electron chi connectivity index (χ2n) is 10.4. The third-order valence-electron chi connectivity index (χ3n) is 8.05. The largest absolute Gasteiger partial charge is 0.369 e. The predicted molar refractivity (Wildman–Crippen MR) is 152 cm³/mol. The highest BCUT2D eigenvalue weighted by molar-refractivity contribution is 6.22. The monoisotopic (exact) mass is 551 g/mol. The number of benzene rings is 3. The van der Waals surface area contributed by atoms with Gasteiger partial charge >= 0.3 is 6.03 Å². The maximum Gasteiger partial charge on any atom is 0.328 e. The quantitative estimate of drug-likeness (QED) is 0.468. The molecule has 2 N–H and O–H groups in total. The first kappa shape index (κ1) is 26.4. The van der Waals surface area contributed by atoms with Gasteiger partial charge < -0.3 is 9.80 Å². The second kappa shape index (κ2) is 10.6. The Balaban J connectivity index is 1.23. The number of anilines is 2. The van der Waals surface area contributed by atoms with Crippen LogP contribution in [0.25, 0.3) is 11.1 Å². The molecule has 6 rings (SSSR count). The number of nitrogens with one attached hydrogen (secondary N) is 2. The molecule has 0 atom stereocenters. The summed E-state index contributed by atoms with van der Waals surface area (Å²) in [7, 11) is 0. The van der Waals surface area contributed by atoms with Crippen molar-refractivity contribution in [3.8, 4) is 11.1 Å². The second-order valence-corrected chi connectivity index (χ2v) is 10.4. The van der Waals surface area contributed by atoms with Crippen LogP contribution in [-0.4, -0.2) is 67.2 Å². The van der Waals surface area contributed by atoms with E-state index in [1.807, 2.05) is 71.6 Å². The van der Waals surface area contributed by atoms with Gasteiger partial charge in [0.05, 0.1) is 6.54 Å². The molecule has 3 aromatic carbocycles. The van der Waals surface area contributed by atoms with E-state index < -0.39 is 23.4 Å². The van der Waals surface area contributed by atoms with Crippen molar-refractivity contribution < 1.29 is 24.0 Å². The third-order valence-corrected chi connectivity index (χ3v) is 8.05. The molecule has 5 amide bonds. The van der Waals surface area contributed by atoms with Crippen LogP contribution in [0.4, 0.5) is 16.2 Å². The molecule has 3 aliphatic heterocycles. The van der Waals surface area contributed by atoms with Crippen LogP contribution in [0.3, 0.4) is 0 Å². The molecule has 3 aliphatic rings. The first-order valence-electron chi connectivity index (χ1n) is 13.6. The fraction of sp³-hybridized carbons (Fsp3) is 0.258. The molecular weight excluding hydrogens is 522 g/mol. The molecule has 0 spiro atoms. The lowest BCUT2D eigenvalue weighted by Gasteiger charge is -2.47. The summed E-state index contributed by atoms with van der Waals surface area (Å²) in [6.45, 7) is 1.92. The lowest BCUT2D eigenvalue weighted by Crippen LogP contribution is -2.73. The average Bonchev–Trinajstić information content (AvgIpc) is 2.99. The number of carbonyl (C=O) groups excluding carboxylic acids is 5. The van der Waals surface area contributed by atoms with E-state index in [-0.39, 0.29) is 24.7 Å². The number of ketones is 1. The van der Waals surface area contributed by atoms with Crippen molar-refractivity contribution in [2.45, 2.75) is 18.4 Å². The van der Waals surface area contributed by atoms with Crippen molar-refractivity contribution >= 4 is 40.9 Å². The van der Waals surface area contributed by atoms with Crippen LogP contribution < -0.4 is 20.4 Å². The number of nitrogens with zero attached hydrogens (tertiary/aromatic N) is 3. The van der Waals surface area contributed by atoms with Gasteiger partial charge in [-0.05, 0) is 41.0 Å². The number of imide groups is 2. The predicted octanol–water partition coefficient (Wildman–Crippen LogP) is 2.43. The van der Waals surface area contributed by atoms with Gasteiger partial charge in [0, 0.05) is 50.4 Å². The van der Waals surface area contributed by atoms with Crippen LogP contribution >= 0.6 is 0 Å². The smallest absolute Gasteiger partial charge is 0.328 e. The third kappa shape index (κ3) is 4.76. The Morgan fingerprint density at radius 1 is 0.610 bits per heavy atom. The minimum Gasteiger partial charge on any atom is -0.369 e. The maximum atomic E-state index is 13.5. The zero-order valence-electron chi connectivity index (χ0n) is 22.3. The van der Waals surface area contributed by atoms with E-state index in [2.05, 4.69) is 15.5 Å². The molecule has 3 fully saturated rings. The highest BCUT2D eigenvalue weighted by atomic mass is 16.2. The minimum absolute atomic E-state index is 0.0471. The van der Waals surface area contributed by atoms with Crippen LogP contribution in [0.5, 0.6) is 0 Å². The summed E-state index contributed by atoms with van der Waals surface area (Å²) in [6.07, 6.45) is 0.520. The topological polar surface area (TPSA) is 119 Å². The van der Waals surface area contributed by atoms with Crippen LogP contribution in [0, 0.1) is 0 Å². The molecule has 0 saturated carbocycles. The SMILES string of the molecule is O=C1CCC(=O)N(c2ccc(N3CCN(C4(c5ccc(-c6ccccc6)cc5)C(=O)NC(=O)NC4=O)CC3)cc2)C1. The summed E-state index contributed by atoms with van der Waals surface area (Å²) >= 11 is 0. The number of urea groups is 1. The number of amides is 5. The van der Waals surface area contributed by atoms with E-state index in [4.69, 9.17) is 0 Å². The van der Waals surface area contributed by atoms with E-state index in [0.717, 1.165) is 16.8 Å². The summed E-state index contributed by atoms with van der Waals surface area (Å²) in [4.78, 5) is 68.6. The zero-order valence-corrected chi connectivity index (χ0v) is 22.3.